The maximum Gasteiger partial charge on any atom is 0.241 e. The molecule has 158 valence electrons. The van der Waals surface area contributed by atoms with Gasteiger partial charge in [-0.3, -0.25) is 9.59 Å². The number of aliphatic hydroxyl groups is 1. The van der Waals surface area contributed by atoms with Gasteiger partial charge in [-0.05, 0) is 42.3 Å². The minimum Gasteiger partial charge on any atom is -0.488 e. The van der Waals surface area contributed by atoms with Gasteiger partial charge in [0.05, 0.1) is 13.1 Å². The minimum atomic E-state index is -0.788. The van der Waals surface area contributed by atoms with Crippen molar-refractivity contribution in [1.29, 1.82) is 0 Å². The first-order valence-electron chi connectivity index (χ1n) is 10.0. The molecular formula is C22H24ClN3O4. The van der Waals surface area contributed by atoms with Gasteiger partial charge in [-0.25, -0.2) is 0 Å². The number of carbonyl (C=O) groups excluding carboxylic acids is 2. The second-order valence-electron chi connectivity index (χ2n) is 7.58. The molecule has 1 saturated heterocycles. The zero-order chi connectivity index (χ0) is 21.1. The normalized spacial score (nSPS) is 20.9. The van der Waals surface area contributed by atoms with Gasteiger partial charge in [-0.2, -0.15) is 0 Å². The summed E-state index contributed by atoms with van der Waals surface area (Å²) in [5.74, 6) is 0.516. The molecule has 2 heterocycles. The molecule has 2 aliphatic rings. The van der Waals surface area contributed by atoms with Crippen molar-refractivity contribution in [3.8, 4) is 5.75 Å². The van der Waals surface area contributed by atoms with Crippen LogP contribution in [0.2, 0.25) is 5.02 Å². The van der Waals surface area contributed by atoms with Crippen molar-refractivity contribution in [2.45, 2.75) is 31.5 Å². The van der Waals surface area contributed by atoms with E-state index in [2.05, 4.69) is 10.6 Å². The molecule has 3 N–H and O–H groups in total. The highest BCUT2D eigenvalue weighted by Gasteiger charge is 2.31. The zero-order valence-electron chi connectivity index (χ0n) is 16.4. The number of carbonyl (C=O) groups is 2. The van der Waals surface area contributed by atoms with E-state index in [1.807, 2.05) is 24.3 Å². The molecule has 0 aliphatic carbocycles. The first-order chi connectivity index (χ1) is 14.5. The first kappa shape index (κ1) is 20.5. The maximum absolute atomic E-state index is 12.5. The molecule has 0 spiro atoms. The Hall–Kier alpha value is -2.77. The van der Waals surface area contributed by atoms with Gasteiger partial charge in [-0.1, -0.05) is 17.7 Å². The maximum atomic E-state index is 12.5. The fraction of sp³-hybridized carbons (Fsp3) is 0.364. The van der Waals surface area contributed by atoms with Crippen LogP contribution in [-0.4, -0.2) is 53.7 Å². The van der Waals surface area contributed by atoms with E-state index in [1.165, 1.54) is 0 Å². The first-order valence-corrected chi connectivity index (χ1v) is 10.4. The Morgan fingerprint density at radius 2 is 2.03 bits per heavy atom. The van der Waals surface area contributed by atoms with Crippen LogP contribution in [0.15, 0.2) is 42.5 Å². The number of amides is 2. The second-order valence-corrected chi connectivity index (χ2v) is 8.02. The van der Waals surface area contributed by atoms with Gasteiger partial charge < -0.3 is 25.4 Å². The number of hydrogen-bond donors (Lipinski definition) is 3. The molecule has 0 aromatic heterocycles. The number of anilines is 2. The van der Waals surface area contributed by atoms with Gasteiger partial charge in [0.2, 0.25) is 11.8 Å². The predicted molar refractivity (Wildman–Crippen MR) is 115 cm³/mol. The van der Waals surface area contributed by atoms with Crippen LogP contribution in [-0.2, 0) is 16.0 Å². The Kier molecular flexibility index (Phi) is 6.11. The summed E-state index contributed by atoms with van der Waals surface area (Å²) in [5.41, 5.74) is 2.65. The molecule has 2 aliphatic heterocycles. The van der Waals surface area contributed by atoms with E-state index in [1.54, 1.807) is 23.1 Å². The summed E-state index contributed by atoms with van der Waals surface area (Å²) in [5, 5.41) is 17.1. The number of piperidine rings is 1. The van der Waals surface area contributed by atoms with Gasteiger partial charge in [0.15, 0.2) is 0 Å². The van der Waals surface area contributed by atoms with E-state index >= 15 is 0 Å². The van der Waals surface area contributed by atoms with Crippen molar-refractivity contribution in [1.82, 2.24) is 4.90 Å². The number of hydrogen-bond acceptors (Lipinski definition) is 5. The quantitative estimate of drug-likeness (QED) is 0.679. The largest absolute Gasteiger partial charge is 0.488 e. The van der Waals surface area contributed by atoms with Crippen LogP contribution in [0.5, 0.6) is 5.75 Å². The molecule has 0 saturated carbocycles. The Bertz CT molecular complexity index is 934. The molecule has 4 rings (SSSR count). The van der Waals surface area contributed by atoms with E-state index in [0.717, 1.165) is 16.9 Å². The zero-order valence-corrected chi connectivity index (χ0v) is 17.2. The molecule has 0 radical (unpaired) electrons. The summed E-state index contributed by atoms with van der Waals surface area (Å²) < 4.78 is 5.97. The van der Waals surface area contributed by atoms with Crippen LogP contribution in [0.25, 0.3) is 0 Å². The number of aryl methyl sites for hydroxylation is 1. The third kappa shape index (κ3) is 4.86. The predicted octanol–water partition coefficient (Wildman–Crippen LogP) is 2.68. The average Bonchev–Trinajstić information content (AvgIpc) is 2.74. The number of β-amino-alcohol motifs (C(OH)–C–C–N with tert-alkyl or cyclic N) is 1. The standard InChI is InChI=1S/C22H24ClN3O4/c23-15-3-5-16(6-4-15)24-12-22(29)26-10-9-20(19(27)13-26)30-17-7-1-14-2-8-21(28)25-18(14)11-17/h1,3-7,11,19-20,24,27H,2,8-10,12-13H2,(H,25,28)/t19-,20-/m1/s1. The number of likely N-dealkylation sites (tertiary alicyclic amines) is 1. The lowest BCUT2D eigenvalue weighted by atomic mass is 10.0. The van der Waals surface area contributed by atoms with Gasteiger partial charge >= 0.3 is 0 Å². The van der Waals surface area contributed by atoms with Gasteiger partial charge in [-0.15, -0.1) is 0 Å². The van der Waals surface area contributed by atoms with Crippen LogP contribution in [0.4, 0.5) is 11.4 Å². The lowest BCUT2D eigenvalue weighted by Crippen LogP contribution is -2.52. The molecule has 2 amide bonds. The summed E-state index contributed by atoms with van der Waals surface area (Å²) in [4.78, 5) is 25.7. The molecule has 2 aromatic carbocycles. The molecule has 1 fully saturated rings. The number of aliphatic hydroxyl groups excluding tert-OH is 1. The van der Waals surface area contributed by atoms with Crippen LogP contribution in [0.1, 0.15) is 18.4 Å². The summed E-state index contributed by atoms with van der Waals surface area (Å²) in [6, 6.07) is 12.7. The number of halogens is 1. The van der Waals surface area contributed by atoms with Crippen molar-refractivity contribution < 1.29 is 19.4 Å². The lowest BCUT2D eigenvalue weighted by molar-refractivity contribution is -0.135. The lowest BCUT2D eigenvalue weighted by Gasteiger charge is -2.36. The molecule has 0 unspecified atom stereocenters. The van der Waals surface area contributed by atoms with Gasteiger partial charge in [0, 0.05) is 41.9 Å². The van der Waals surface area contributed by atoms with Crippen molar-refractivity contribution in [2.24, 2.45) is 0 Å². The Balaban J connectivity index is 1.29. The van der Waals surface area contributed by atoms with E-state index in [0.29, 0.717) is 36.6 Å². The molecule has 8 heteroatoms. The molecule has 0 bridgehead atoms. The highest BCUT2D eigenvalue weighted by atomic mass is 35.5. The monoisotopic (exact) mass is 429 g/mol. The summed E-state index contributed by atoms with van der Waals surface area (Å²) >= 11 is 5.86. The third-order valence-electron chi connectivity index (χ3n) is 5.43. The molecule has 7 nitrogen and oxygen atoms in total. The number of nitrogens with one attached hydrogen (secondary N) is 2. The number of rotatable bonds is 5. The van der Waals surface area contributed by atoms with Gasteiger partial charge in [0.1, 0.15) is 18.0 Å². The molecule has 30 heavy (non-hydrogen) atoms. The van der Waals surface area contributed by atoms with E-state index in [4.69, 9.17) is 16.3 Å². The fourth-order valence-corrected chi connectivity index (χ4v) is 3.86. The summed E-state index contributed by atoms with van der Waals surface area (Å²) in [6.45, 7) is 0.863. The average molecular weight is 430 g/mol. The summed E-state index contributed by atoms with van der Waals surface area (Å²) in [7, 11) is 0. The van der Waals surface area contributed by atoms with E-state index < -0.39 is 12.2 Å². The van der Waals surface area contributed by atoms with Crippen molar-refractivity contribution in [3.63, 3.8) is 0 Å². The Morgan fingerprint density at radius 3 is 2.80 bits per heavy atom. The minimum absolute atomic E-state index is 0.00119. The fourth-order valence-electron chi connectivity index (χ4n) is 3.73. The smallest absolute Gasteiger partial charge is 0.241 e. The topological polar surface area (TPSA) is 90.9 Å². The molecule has 2 aromatic rings. The highest BCUT2D eigenvalue weighted by Crippen LogP contribution is 2.29. The van der Waals surface area contributed by atoms with Crippen molar-refractivity contribution >= 4 is 34.8 Å². The van der Waals surface area contributed by atoms with Crippen LogP contribution >= 0.6 is 11.6 Å². The van der Waals surface area contributed by atoms with Gasteiger partial charge in [0.25, 0.3) is 0 Å². The van der Waals surface area contributed by atoms with Crippen LogP contribution in [0.3, 0.4) is 0 Å². The second kappa shape index (κ2) is 8.93. The van der Waals surface area contributed by atoms with E-state index in [-0.39, 0.29) is 24.9 Å². The molecular weight excluding hydrogens is 406 g/mol. The number of ether oxygens (including phenoxy) is 1. The number of nitrogens with zero attached hydrogens (tertiary/aromatic N) is 1. The van der Waals surface area contributed by atoms with E-state index in [9.17, 15) is 14.7 Å². The summed E-state index contributed by atoms with van der Waals surface area (Å²) in [6.07, 6.45) is 0.538. The molecule has 2 atom stereocenters. The van der Waals surface area contributed by atoms with Crippen LogP contribution < -0.4 is 15.4 Å². The third-order valence-corrected chi connectivity index (χ3v) is 5.68. The van der Waals surface area contributed by atoms with Crippen LogP contribution in [0, 0.1) is 0 Å². The van der Waals surface area contributed by atoms with Crippen molar-refractivity contribution in [2.75, 3.05) is 30.3 Å². The highest BCUT2D eigenvalue weighted by molar-refractivity contribution is 6.30. The SMILES string of the molecule is O=C1CCc2ccc(O[C@@H]3CCN(C(=O)CNc4ccc(Cl)cc4)C[C@H]3O)cc2N1. The number of fused-ring (bicyclic) bond motifs is 1. The Labute approximate surface area is 180 Å². The van der Waals surface area contributed by atoms with Crippen molar-refractivity contribution in [3.05, 3.63) is 53.1 Å². The Morgan fingerprint density at radius 1 is 1.23 bits per heavy atom. The number of benzene rings is 2.